The van der Waals surface area contributed by atoms with E-state index < -0.39 is 16.1 Å². The summed E-state index contributed by atoms with van der Waals surface area (Å²) in [5.41, 5.74) is 1.24. The third-order valence-electron chi connectivity index (χ3n) is 5.84. The average Bonchev–Trinajstić information content (AvgIpc) is 3.45. The zero-order chi connectivity index (χ0) is 20.6. The van der Waals surface area contributed by atoms with Gasteiger partial charge < -0.3 is 15.0 Å². The maximum atomic E-state index is 12.9. The Hall–Kier alpha value is -1.97. The molecular weight excluding hydrogens is 394 g/mol. The molecule has 1 N–H and O–H groups in total. The topological polar surface area (TPSA) is 96.0 Å². The largest absolute Gasteiger partial charge is 0.379 e. The van der Waals surface area contributed by atoms with E-state index in [1.807, 2.05) is 6.92 Å². The molecule has 0 aromatic heterocycles. The first-order chi connectivity index (χ1) is 13.9. The van der Waals surface area contributed by atoms with Crippen LogP contribution >= 0.6 is 0 Å². The SMILES string of the molecule is Cc1ccc(S(=O)(=O)N2CCOCC2)cc1NC(=O)C1CCCN1C(=O)C1CC1. The molecule has 9 heteroatoms. The Morgan fingerprint density at radius 1 is 1.10 bits per heavy atom. The number of benzene rings is 1. The molecule has 4 rings (SSSR count). The summed E-state index contributed by atoms with van der Waals surface area (Å²) in [4.78, 5) is 27.2. The van der Waals surface area contributed by atoms with Gasteiger partial charge in [0.2, 0.25) is 21.8 Å². The van der Waals surface area contributed by atoms with Crippen molar-refractivity contribution in [3.05, 3.63) is 23.8 Å². The Morgan fingerprint density at radius 3 is 2.52 bits per heavy atom. The highest BCUT2D eigenvalue weighted by Crippen LogP contribution is 2.34. The third kappa shape index (κ3) is 4.17. The summed E-state index contributed by atoms with van der Waals surface area (Å²) >= 11 is 0. The summed E-state index contributed by atoms with van der Waals surface area (Å²) in [7, 11) is -3.65. The van der Waals surface area contributed by atoms with E-state index in [9.17, 15) is 18.0 Å². The monoisotopic (exact) mass is 421 g/mol. The van der Waals surface area contributed by atoms with Crippen molar-refractivity contribution in [1.82, 2.24) is 9.21 Å². The maximum Gasteiger partial charge on any atom is 0.247 e. The Kier molecular flexibility index (Phi) is 5.63. The van der Waals surface area contributed by atoms with Gasteiger partial charge in [-0.05, 0) is 50.3 Å². The fraction of sp³-hybridized carbons (Fsp3) is 0.600. The molecule has 29 heavy (non-hydrogen) atoms. The number of nitrogens with zero attached hydrogens (tertiary/aromatic N) is 2. The van der Waals surface area contributed by atoms with Crippen molar-refractivity contribution in [2.75, 3.05) is 38.2 Å². The van der Waals surface area contributed by atoms with Crippen LogP contribution in [-0.2, 0) is 24.3 Å². The quantitative estimate of drug-likeness (QED) is 0.774. The van der Waals surface area contributed by atoms with Gasteiger partial charge in [-0.1, -0.05) is 6.07 Å². The van der Waals surface area contributed by atoms with Crippen LogP contribution in [0.5, 0.6) is 0 Å². The van der Waals surface area contributed by atoms with Gasteiger partial charge in [0.1, 0.15) is 6.04 Å². The van der Waals surface area contributed by atoms with Gasteiger partial charge in [-0.25, -0.2) is 8.42 Å². The van der Waals surface area contributed by atoms with Gasteiger partial charge in [0, 0.05) is 31.2 Å². The highest BCUT2D eigenvalue weighted by Gasteiger charge is 2.41. The molecule has 0 spiro atoms. The maximum absolute atomic E-state index is 12.9. The fourth-order valence-electron chi connectivity index (χ4n) is 3.92. The molecule has 1 aromatic rings. The van der Waals surface area contributed by atoms with Crippen LogP contribution < -0.4 is 5.32 Å². The average molecular weight is 422 g/mol. The number of hydrogen-bond acceptors (Lipinski definition) is 5. The number of rotatable bonds is 5. The lowest BCUT2D eigenvalue weighted by molar-refractivity contribution is -0.137. The molecule has 1 unspecified atom stereocenters. The molecule has 8 nitrogen and oxygen atoms in total. The lowest BCUT2D eigenvalue weighted by Crippen LogP contribution is -2.44. The van der Waals surface area contributed by atoms with Crippen molar-refractivity contribution in [3.63, 3.8) is 0 Å². The van der Waals surface area contributed by atoms with E-state index in [4.69, 9.17) is 4.74 Å². The van der Waals surface area contributed by atoms with Crippen LogP contribution in [0.4, 0.5) is 5.69 Å². The molecule has 2 amide bonds. The van der Waals surface area contributed by atoms with Crippen molar-refractivity contribution in [1.29, 1.82) is 0 Å². The second-order valence-electron chi connectivity index (χ2n) is 7.95. The van der Waals surface area contributed by atoms with E-state index in [-0.39, 0.29) is 22.6 Å². The van der Waals surface area contributed by atoms with Gasteiger partial charge in [-0.3, -0.25) is 9.59 Å². The molecule has 2 saturated heterocycles. The number of anilines is 1. The minimum atomic E-state index is -3.65. The van der Waals surface area contributed by atoms with Crippen molar-refractivity contribution in [3.8, 4) is 0 Å². The van der Waals surface area contributed by atoms with Crippen LogP contribution in [0, 0.1) is 12.8 Å². The van der Waals surface area contributed by atoms with Gasteiger partial charge in [-0.2, -0.15) is 4.31 Å². The molecule has 158 valence electrons. The van der Waals surface area contributed by atoms with Crippen molar-refractivity contribution < 1.29 is 22.7 Å². The summed E-state index contributed by atoms with van der Waals surface area (Å²) in [6.45, 7) is 3.82. The van der Waals surface area contributed by atoms with E-state index in [1.165, 1.54) is 10.4 Å². The number of carbonyl (C=O) groups is 2. The van der Waals surface area contributed by atoms with Gasteiger partial charge in [-0.15, -0.1) is 0 Å². The number of sulfonamides is 1. The van der Waals surface area contributed by atoms with Gasteiger partial charge in [0.25, 0.3) is 0 Å². The van der Waals surface area contributed by atoms with E-state index in [1.54, 1.807) is 17.0 Å². The van der Waals surface area contributed by atoms with Gasteiger partial charge in [0.15, 0.2) is 0 Å². The smallest absolute Gasteiger partial charge is 0.247 e. The summed E-state index contributed by atoms with van der Waals surface area (Å²) in [5.74, 6) is -0.101. The number of carbonyl (C=O) groups excluding carboxylic acids is 2. The molecule has 0 radical (unpaired) electrons. The first-order valence-electron chi connectivity index (χ1n) is 10.2. The summed E-state index contributed by atoms with van der Waals surface area (Å²) in [5, 5.41) is 2.87. The number of ether oxygens (including phenoxy) is 1. The lowest BCUT2D eigenvalue weighted by Gasteiger charge is -2.27. The predicted molar refractivity (Wildman–Crippen MR) is 107 cm³/mol. The summed E-state index contributed by atoms with van der Waals surface area (Å²) in [6.07, 6.45) is 3.25. The first kappa shape index (κ1) is 20.3. The molecule has 3 aliphatic rings. The van der Waals surface area contributed by atoms with E-state index >= 15 is 0 Å². The van der Waals surface area contributed by atoms with E-state index in [0.717, 1.165) is 24.8 Å². The molecule has 1 saturated carbocycles. The molecule has 2 aliphatic heterocycles. The number of nitrogens with one attached hydrogen (secondary N) is 1. The zero-order valence-electron chi connectivity index (χ0n) is 16.6. The second kappa shape index (κ2) is 8.04. The molecule has 3 fully saturated rings. The minimum absolute atomic E-state index is 0.0722. The highest BCUT2D eigenvalue weighted by atomic mass is 32.2. The molecule has 1 atom stereocenters. The number of likely N-dealkylation sites (tertiary alicyclic amines) is 1. The predicted octanol–water partition coefficient (Wildman–Crippen LogP) is 1.36. The molecular formula is C20H27N3O5S. The van der Waals surface area contributed by atoms with Crippen molar-refractivity contribution >= 4 is 27.5 Å². The van der Waals surface area contributed by atoms with Crippen LogP contribution in [0.25, 0.3) is 0 Å². The third-order valence-corrected chi connectivity index (χ3v) is 7.73. The fourth-order valence-corrected chi connectivity index (χ4v) is 5.35. The number of amides is 2. The summed E-state index contributed by atoms with van der Waals surface area (Å²) < 4.78 is 32.5. The van der Waals surface area contributed by atoms with E-state index in [0.29, 0.717) is 45.0 Å². The summed E-state index contributed by atoms with van der Waals surface area (Å²) in [6, 6.07) is 4.29. The van der Waals surface area contributed by atoms with Gasteiger partial charge >= 0.3 is 0 Å². The van der Waals surface area contributed by atoms with Crippen molar-refractivity contribution in [2.45, 2.75) is 43.5 Å². The Labute approximate surface area is 171 Å². The number of hydrogen-bond donors (Lipinski definition) is 1. The number of morpholine rings is 1. The molecule has 2 heterocycles. The Bertz CT molecular complexity index is 907. The van der Waals surface area contributed by atoms with Crippen LogP contribution in [0.3, 0.4) is 0 Å². The Morgan fingerprint density at radius 2 is 1.83 bits per heavy atom. The molecule has 1 aromatic carbocycles. The molecule has 0 bridgehead atoms. The molecule has 1 aliphatic carbocycles. The van der Waals surface area contributed by atoms with Crippen LogP contribution in [0.2, 0.25) is 0 Å². The highest BCUT2D eigenvalue weighted by molar-refractivity contribution is 7.89. The normalized spacial score (nSPS) is 23.2. The van der Waals surface area contributed by atoms with Crippen LogP contribution in [-0.4, -0.2) is 68.3 Å². The van der Waals surface area contributed by atoms with Crippen molar-refractivity contribution in [2.24, 2.45) is 5.92 Å². The van der Waals surface area contributed by atoms with E-state index in [2.05, 4.69) is 5.32 Å². The van der Waals surface area contributed by atoms with Gasteiger partial charge in [0.05, 0.1) is 18.1 Å². The standard InChI is InChI=1S/C20H27N3O5S/c1-14-4-7-16(29(26,27)22-9-11-28-12-10-22)13-17(14)21-19(24)18-3-2-8-23(18)20(25)15-5-6-15/h4,7,13,15,18H,2-3,5-6,8-12H2,1H3,(H,21,24). The lowest BCUT2D eigenvalue weighted by atomic mass is 10.1. The van der Waals surface area contributed by atoms with Crippen LogP contribution in [0.1, 0.15) is 31.2 Å². The first-order valence-corrected chi connectivity index (χ1v) is 11.6. The Balaban J connectivity index is 1.52. The number of aryl methyl sites for hydroxylation is 1. The zero-order valence-corrected chi connectivity index (χ0v) is 17.4. The van der Waals surface area contributed by atoms with Crippen LogP contribution in [0.15, 0.2) is 23.1 Å². The second-order valence-corrected chi connectivity index (χ2v) is 9.88. The minimum Gasteiger partial charge on any atom is -0.379 e.